The first-order valence-electron chi connectivity index (χ1n) is 6.63. The topological polar surface area (TPSA) is 15.3 Å². The van der Waals surface area contributed by atoms with Crippen molar-refractivity contribution in [2.75, 3.05) is 37.7 Å². The zero-order valence-electron chi connectivity index (χ0n) is 10.5. The van der Waals surface area contributed by atoms with E-state index in [1.165, 1.54) is 22.8 Å². The van der Waals surface area contributed by atoms with Gasteiger partial charge in [-0.15, -0.1) is 0 Å². The molecule has 2 fully saturated rings. The Morgan fingerprint density at radius 3 is 2.44 bits per heavy atom. The number of nitrogens with one attached hydrogen (secondary N) is 1. The normalized spacial score (nSPS) is 27.8. The van der Waals surface area contributed by atoms with Crippen molar-refractivity contribution >= 4 is 11.8 Å². The molecule has 0 aliphatic carbocycles. The Balaban J connectivity index is 1.61. The van der Waals surface area contributed by atoms with Gasteiger partial charge in [0.05, 0.1) is 6.54 Å². The van der Waals surface area contributed by atoms with Crippen molar-refractivity contribution in [3.8, 4) is 0 Å². The number of hydrogen-bond acceptors (Lipinski definition) is 3. The van der Waals surface area contributed by atoms with Gasteiger partial charge in [0.25, 0.3) is 0 Å². The van der Waals surface area contributed by atoms with Crippen LogP contribution in [0.4, 0.5) is 13.2 Å². The summed E-state index contributed by atoms with van der Waals surface area (Å²) in [4.78, 5) is 1.52. The highest BCUT2D eigenvalue weighted by Gasteiger charge is 2.32. The Labute approximate surface area is 111 Å². The minimum absolute atomic E-state index is 0.417. The van der Waals surface area contributed by atoms with Crippen LogP contribution in [0.5, 0.6) is 0 Å². The largest absolute Gasteiger partial charge is 0.401 e. The molecule has 18 heavy (non-hydrogen) atoms. The molecule has 0 spiro atoms. The van der Waals surface area contributed by atoms with Crippen molar-refractivity contribution in [1.29, 1.82) is 0 Å². The molecule has 0 amide bonds. The van der Waals surface area contributed by atoms with Crippen LogP contribution in [-0.4, -0.2) is 54.8 Å². The maximum atomic E-state index is 12.2. The molecule has 0 aromatic carbocycles. The average molecular weight is 282 g/mol. The molecule has 106 valence electrons. The number of halogens is 3. The summed E-state index contributed by atoms with van der Waals surface area (Å²) in [7, 11) is 0. The monoisotopic (exact) mass is 282 g/mol. The zero-order valence-corrected chi connectivity index (χ0v) is 11.3. The number of alkyl halides is 3. The van der Waals surface area contributed by atoms with E-state index in [0.717, 1.165) is 25.3 Å². The third-order valence-electron chi connectivity index (χ3n) is 3.71. The van der Waals surface area contributed by atoms with E-state index in [-0.39, 0.29) is 0 Å². The highest BCUT2D eigenvalue weighted by Crippen LogP contribution is 2.23. The Bertz CT molecular complexity index is 246. The molecule has 0 saturated carbocycles. The zero-order chi connectivity index (χ0) is 13.0. The van der Waals surface area contributed by atoms with E-state index in [0.29, 0.717) is 19.1 Å². The highest BCUT2D eigenvalue weighted by molar-refractivity contribution is 7.99. The number of likely N-dealkylation sites (tertiary alicyclic amines) is 1. The molecule has 2 aliphatic heterocycles. The predicted octanol–water partition coefficient (Wildman–Crippen LogP) is 2.36. The number of nitrogens with zero attached hydrogens (tertiary/aromatic N) is 1. The molecule has 2 aliphatic rings. The summed E-state index contributed by atoms with van der Waals surface area (Å²) in [5.41, 5.74) is 0. The average Bonchev–Trinajstić information content (AvgIpc) is 2.79. The maximum absolute atomic E-state index is 12.2. The third kappa shape index (κ3) is 4.97. The molecule has 1 atom stereocenters. The molecule has 1 unspecified atom stereocenters. The SMILES string of the molecule is FC(F)(F)CN1CCC(NCC2CCSC2)CC1. The van der Waals surface area contributed by atoms with Crippen molar-refractivity contribution in [2.45, 2.75) is 31.5 Å². The molecule has 2 saturated heterocycles. The van der Waals surface area contributed by atoms with Gasteiger partial charge in [0.15, 0.2) is 0 Å². The van der Waals surface area contributed by atoms with Gasteiger partial charge in [0.1, 0.15) is 0 Å². The van der Waals surface area contributed by atoms with Crippen molar-refractivity contribution in [2.24, 2.45) is 5.92 Å². The molecule has 2 nitrogen and oxygen atoms in total. The second-order valence-electron chi connectivity index (χ2n) is 5.30. The smallest absolute Gasteiger partial charge is 0.314 e. The minimum Gasteiger partial charge on any atom is -0.314 e. The van der Waals surface area contributed by atoms with Crippen molar-refractivity contribution in [3.05, 3.63) is 0 Å². The molecule has 0 bridgehead atoms. The van der Waals surface area contributed by atoms with E-state index in [1.807, 2.05) is 11.8 Å². The summed E-state index contributed by atoms with van der Waals surface area (Å²) in [6, 6.07) is 0.417. The lowest BCUT2D eigenvalue weighted by molar-refractivity contribution is -0.148. The lowest BCUT2D eigenvalue weighted by atomic mass is 10.0. The number of piperidine rings is 1. The van der Waals surface area contributed by atoms with Gasteiger partial charge in [0.2, 0.25) is 0 Å². The number of hydrogen-bond donors (Lipinski definition) is 1. The molecule has 0 radical (unpaired) electrons. The van der Waals surface area contributed by atoms with Crippen molar-refractivity contribution in [3.63, 3.8) is 0 Å². The van der Waals surface area contributed by atoms with Gasteiger partial charge in [-0.3, -0.25) is 4.90 Å². The second kappa shape index (κ2) is 6.48. The Kier molecular flexibility index (Phi) is 5.21. The highest BCUT2D eigenvalue weighted by atomic mass is 32.2. The molecule has 2 heterocycles. The van der Waals surface area contributed by atoms with Crippen molar-refractivity contribution in [1.82, 2.24) is 10.2 Å². The van der Waals surface area contributed by atoms with Crippen LogP contribution >= 0.6 is 11.8 Å². The Morgan fingerprint density at radius 1 is 1.17 bits per heavy atom. The van der Waals surface area contributed by atoms with Gasteiger partial charge in [-0.05, 0) is 56.3 Å². The summed E-state index contributed by atoms with van der Waals surface area (Å²) in [6.07, 6.45) is -1.09. The Hall–Kier alpha value is 0.0600. The quantitative estimate of drug-likeness (QED) is 0.852. The minimum atomic E-state index is -4.05. The van der Waals surface area contributed by atoms with Crippen LogP contribution < -0.4 is 5.32 Å². The first-order valence-corrected chi connectivity index (χ1v) is 7.78. The lowest BCUT2D eigenvalue weighted by Gasteiger charge is -2.33. The van der Waals surface area contributed by atoms with E-state index in [1.54, 1.807) is 0 Å². The molecule has 6 heteroatoms. The van der Waals surface area contributed by atoms with Crippen LogP contribution in [0.2, 0.25) is 0 Å². The van der Waals surface area contributed by atoms with Gasteiger partial charge in [0, 0.05) is 6.04 Å². The van der Waals surface area contributed by atoms with Gasteiger partial charge < -0.3 is 5.32 Å². The molecular formula is C12H21F3N2S. The summed E-state index contributed by atoms with van der Waals surface area (Å²) >= 11 is 2.00. The van der Waals surface area contributed by atoms with Crippen LogP contribution in [-0.2, 0) is 0 Å². The number of thioether (sulfide) groups is 1. The van der Waals surface area contributed by atoms with E-state index in [4.69, 9.17) is 0 Å². The van der Waals surface area contributed by atoms with Crippen LogP contribution in [0.15, 0.2) is 0 Å². The van der Waals surface area contributed by atoms with Crippen LogP contribution in [0.1, 0.15) is 19.3 Å². The van der Waals surface area contributed by atoms with Crippen LogP contribution in [0, 0.1) is 5.92 Å². The molecule has 2 rings (SSSR count). The maximum Gasteiger partial charge on any atom is 0.401 e. The fourth-order valence-electron chi connectivity index (χ4n) is 2.63. The van der Waals surface area contributed by atoms with E-state index in [2.05, 4.69) is 5.32 Å². The summed E-state index contributed by atoms with van der Waals surface area (Å²) < 4.78 is 36.7. The van der Waals surface area contributed by atoms with E-state index < -0.39 is 12.7 Å². The van der Waals surface area contributed by atoms with Gasteiger partial charge in [-0.25, -0.2) is 0 Å². The fourth-order valence-corrected chi connectivity index (χ4v) is 3.91. The summed E-state index contributed by atoms with van der Waals surface area (Å²) in [6.45, 7) is 1.42. The molecule has 1 N–H and O–H groups in total. The van der Waals surface area contributed by atoms with Gasteiger partial charge in [-0.2, -0.15) is 24.9 Å². The standard InChI is InChI=1S/C12H21F3N2S/c13-12(14,15)9-17-4-1-11(2-5-17)16-7-10-3-6-18-8-10/h10-11,16H,1-9H2. The fraction of sp³-hybridized carbons (Fsp3) is 1.00. The Morgan fingerprint density at radius 2 is 1.89 bits per heavy atom. The first-order chi connectivity index (χ1) is 8.53. The first kappa shape index (κ1) is 14.5. The lowest BCUT2D eigenvalue weighted by Crippen LogP contribution is -2.46. The van der Waals surface area contributed by atoms with Crippen LogP contribution in [0.3, 0.4) is 0 Å². The summed E-state index contributed by atoms with van der Waals surface area (Å²) in [5.74, 6) is 3.26. The molecule has 0 aromatic heterocycles. The number of rotatable bonds is 4. The van der Waals surface area contributed by atoms with E-state index >= 15 is 0 Å². The molecular weight excluding hydrogens is 261 g/mol. The van der Waals surface area contributed by atoms with Gasteiger partial charge in [-0.1, -0.05) is 0 Å². The van der Waals surface area contributed by atoms with Crippen molar-refractivity contribution < 1.29 is 13.2 Å². The molecule has 0 aromatic rings. The van der Waals surface area contributed by atoms with Gasteiger partial charge >= 0.3 is 6.18 Å². The predicted molar refractivity (Wildman–Crippen MR) is 69.0 cm³/mol. The third-order valence-corrected chi connectivity index (χ3v) is 4.94. The second-order valence-corrected chi connectivity index (χ2v) is 6.45. The summed E-state index contributed by atoms with van der Waals surface area (Å²) in [5, 5.41) is 3.53. The van der Waals surface area contributed by atoms with Crippen LogP contribution in [0.25, 0.3) is 0 Å². The van der Waals surface area contributed by atoms with E-state index in [9.17, 15) is 13.2 Å².